The molecule has 2 aromatic heterocycles. The van der Waals surface area contributed by atoms with Gasteiger partial charge in [-0.2, -0.15) is 9.97 Å². The molecule has 1 aliphatic heterocycles. The minimum Gasteiger partial charge on any atom is -0.309 e. The Balaban J connectivity index is 1.29. The molecule has 1 aliphatic rings. The highest BCUT2D eigenvalue weighted by atomic mass is 15.3. The summed E-state index contributed by atoms with van der Waals surface area (Å²) in [6.07, 6.45) is 0. The number of hydrogen-bond donors (Lipinski definition) is 0. The quantitative estimate of drug-likeness (QED) is 0.198. The van der Waals surface area contributed by atoms with Gasteiger partial charge < -0.3 is 4.57 Å². The minimum atomic E-state index is 0.581. The Kier molecular flexibility index (Phi) is 5.81. The van der Waals surface area contributed by atoms with Crippen molar-refractivity contribution in [2.75, 3.05) is 4.90 Å². The van der Waals surface area contributed by atoms with E-state index in [0.717, 1.165) is 55.6 Å². The molecule has 0 aliphatic carbocycles. The SMILES string of the molecule is c1ccc(-c2nc(-c3cccc4c3c3ccccc3n4-c3ccccc3)nc(N3c4ccccc4-c4cccc5cccc3c45)n2)cc1. The Hall–Kier alpha value is -6.59. The van der Waals surface area contributed by atoms with Crippen LogP contribution in [0.3, 0.4) is 0 Å². The van der Waals surface area contributed by atoms with E-state index in [9.17, 15) is 0 Å². The number of rotatable bonds is 4. The first-order valence-corrected chi connectivity index (χ1v) is 16.1. The summed E-state index contributed by atoms with van der Waals surface area (Å²) in [6, 6.07) is 57.2. The molecule has 0 atom stereocenters. The fourth-order valence-corrected chi connectivity index (χ4v) is 7.34. The molecular formula is C43H27N5. The van der Waals surface area contributed by atoms with Crippen molar-refractivity contribution in [3.05, 3.63) is 164 Å². The molecular weight excluding hydrogens is 587 g/mol. The molecule has 0 N–H and O–H groups in total. The summed E-state index contributed by atoms with van der Waals surface area (Å²) in [5, 5.41) is 4.63. The van der Waals surface area contributed by atoms with Gasteiger partial charge in [0.05, 0.1) is 22.4 Å². The van der Waals surface area contributed by atoms with Gasteiger partial charge in [0.15, 0.2) is 11.6 Å². The van der Waals surface area contributed by atoms with E-state index in [0.29, 0.717) is 17.6 Å². The second-order valence-electron chi connectivity index (χ2n) is 12.1. The molecule has 7 aromatic carbocycles. The van der Waals surface area contributed by atoms with Crippen LogP contribution in [0, 0.1) is 0 Å². The second-order valence-corrected chi connectivity index (χ2v) is 12.1. The molecule has 0 amide bonds. The van der Waals surface area contributed by atoms with Gasteiger partial charge in [0.1, 0.15) is 0 Å². The van der Waals surface area contributed by atoms with Crippen molar-refractivity contribution >= 4 is 49.9 Å². The summed E-state index contributed by atoms with van der Waals surface area (Å²) in [6.45, 7) is 0. The molecule has 0 saturated carbocycles. The van der Waals surface area contributed by atoms with E-state index in [2.05, 4.69) is 155 Å². The normalized spacial score (nSPS) is 12.1. The lowest BCUT2D eigenvalue weighted by Crippen LogP contribution is -2.18. The molecule has 0 fully saturated rings. The van der Waals surface area contributed by atoms with Gasteiger partial charge in [0.2, 0.25) is 5.95 Å². The lowest BCUT2D eigenvalue weighted by molar-refractivity contribution is 1.02. The van der Waals surface area contributed by atoms with Gasteiger partial charge in [-0.05, 0) is 47.3 Å². The van der Waals surface area contributed by atoms with Crippen LogP contribution in [0.15, 0.2) is 164 Å². The predicted molar refractivity (Wildman–Crippen MR) is 196 cm³/mol. The zero-order chi connectivity index (χ0) is 31.6. The summed E-state index contributed by atoms with van der Waals surface area (Å²) in [7, 11) is 0. The van der Waals surface area contributed by atoms with Crippen LogP contribution in [-0.2, 0) is 0 Å². The molecule has 0 radical (unpaired) electrons. The summed E-state index contributed by atoms with van der Waals surface area (Å²) in [4.78, 5) is 18.0. The Morgan fingerprint density at radius 3 is 1.90 bits per heavy atom. The van der Waals surface area contributed by atoms with Crippen LogP contribution in [0.4, 0.5) is 17.3 Å². The third-order valence-corrected chi connectivity index (χ3v) is 9.37. The highest BCUT2D eigenvalue weighted by Gasteiger charge is 2.29. The smallest absolute Gasteiger partial charge is 0.238 e. The number of nitrogens with zero attached hydrogens (tertiary/aromatic N) is 5. The monoisotopic (exact) mass is 613 g/mol. The van der Waals surface area contributed by atoms with Crippen LogP contribution >= 0.6 is 0 Å². The molecule has 5 nitrogen and oxygen atoms in total. The van der Waals surface area contributed by atoms with Gasteiger partial charge >= 0.3 is 0 Å². The number of fused-ring (bicyclic) bond motifs is 5. The Morgan fingerprint density at radius 1 is 0.396 bits per heavy atom. The number of aromatic nitrogens is 4. The fourth-order valence-electron chi connectivity index (χ4n) is 7.34. The zero-order valence-electron chi connectivity index (χ0n) is 25.8. The highest BCUT2D eigenvalue weighted by molar-refractivity contribution is 6.16. The second kappa shape index (κ2) is 10.5. The maximum Gasteiger partial charge on any atom is 0.238 e. The van der Waals surface area contributed by atoms with Crippen LogP contribution in [0.2, 0.25) is 0 Å². The lowest BCUT2D eigenvalue weighted by Gasteiger charge is -2.32. The average molecular weight is 614 g/mol. The van der Waals surface area contributed by atoms with Gasteiger partial charge in [0.25, 0.3) is 0 Å². The first-order valence-electron chi connectivity index (χ1n) is 16.1. The number of para-hydroxylation sites is 3. The third kappa shape index (κ3) is 3.94. The summed E-state index contributed by atoms with van der Waals surface area (Å²) < 4.78 is 2.33. The number of anilines is 3. The van der Waals surface area contributed by atoms with Gasteiger partial charge in [-0.3, -0.25) is 4.90 Å². The minimum absolute atomic E-state index is 0.581. The molecule has 0 unspecified atom stereocenters. The van der Waals surface area contributed by atoms with Crippen molar-refractivity contribution in [1.82, 2.24) is 19.5 Å². The molecule has 5 heteroatoms. The number of hydrogen-bond acceptors (Lipinski definition) is 4. The maximum atomic E-state index is 5.35. The van der Waals surface area contributed by atoms with Crippen molar-refractivity contribution < 1.29 is 0 Å². The van der Waals surface area contributed by atoms with E-state index < -0.39 is 0 Å². The topological polar surface area (TPSA) is 46.8 Å². The molecule has 0 saturated heterocycles. The average Bonchev–Trinajstić information content (AvgIpc) is 3.50. The van der Waals surface area contributed by atoms with Crippen molar-refractivity contribution in [3.8, 4) is 39.6 Å². The molecule has 224 valence electrons. The Bertz CT molecular complexity index is 2670. The zero-order valence-corrected chi connectivity index (χ0v) is 25.8. The molecule has 48 heavy (non-hydrogen) atoms. The van der Waals surface area contributed by atoms with E-state index >= 15 is 0 Å². The fraction of sp³-hybridized carbons (Fsp3) is 0. The maximum absolute atomic E-state index is 5.35. The van der Waals surface area contributed by atoms with Crippen LogP contribution in [0.25, 0.3) is 72.2 Å². The van der Waals surface area contributed by atoms with Crippen molar-refractivity contribution in [3.63, 3.8) is 0 Å². The largest absolute Gasteiger partial charge is 0.309 e. The summed E-state index contributed by atoms with van der Waals surface area (Å²) in [5.74, 6) is 1.84. The third-order valence-electron chi connectivity index (χ3n) is 9.37. The standard InChI is InChI=1S/C43H27N5/c1-3-14-29(15-4-1)41-44-42(34-23-13-27-38-40(34)33-21-8-10-25-36(33)47(38)30-18-5-2-6-19-30)46-43(45-41)48-35-24-9-7-20-31(35)32-22-11-16-28-17-12-26-37(48)39(28)32/h1-27H. The van der Waals surface area contributed by atoms with E-state index in [-0.39, 0.29) is 0 Å². The van der Waals surface area contributed by atoms with Crippen LogP contribution in [-0.4, -0.2) is 19.5 Å². The van der Waals surface area contributed by atoms with E-state index in [1.165, 1.54) is 16.3 Å². The summed E-state index contributed by atoms with van der Waals surface area (Å²) >= 11 is 0. The van der Waals surface area contributed by atoms with Crippen molar-refractivity contribution in [2.45, 2.75) is 0 Å². The summed E-state index contributed by atoms with van der Waals surface area (Å²) in [5.41, 5.74) is 9.70. The lowest BCUT2D eigenvalue weighted by atomic mass is 9.91. The first kappa shape index (κ1) is 26.6. The molecule has 10 rings (SSSR count). The van der Waals surface area contributed by atoms with Gasteiger partial charge in [-0.1, -0.05) is 127 Å². The van der Waals surface area contributed by atoms with E-state index in [1.807, 2.05) is 18.2 Å². The molecule has 3 heterocycles. The van der Waals surface area contributed by atoms with Gasteiger partial charge in [-0.25, -0.2) is 4.98 Å². The molecule has 9 aromatic rings. The molecule has 0 spiro atoms. The highest BCUT2D eigenvalue weighted by Crippen LogP contribution is 2.50. The number of benzene rings is 7. The van der Waals surface area contributed by atoms with Crippen LogP contribution in [0.5, 0.6) is 0 Å². The first-order chi connectivity index (χ1) is 23.8. The van der Waals surface area contributed by atoms with Gasteiger partial charge in [0, 0.05) is 38.5 Å². The molecule has 0 bridgehead atoms. The van der Waals surface area contributed by atoms with Crippen molar-refractivity contribution in [1.29, 1.82) is 0 Å². The van der Waals surface area contributed by atoms with Gasteiger partial charge in [-0.15, -0.1) is 0 Å². The van der Waals surface area contributed by atoms with Crippen LogP contribution in [0.1, 0.15) is 0 Å². The van der Waals surface area contributed by atoms with Crippen LogP contribution < -0.4 is 4.90 Å². The van der Waals surface area contributed by atoms with Crippen molar-refractivity contribution in [2.24, 2.45) is 0 Å². The predicted octanol–water partition coefficient (Wildman–Crippen LogP) is 10.9. The van der Waals surface area contributed by atoms with E-state index in [4.69, 9.17) is 15.0 Å². The Labute approximate surface area is 277 Å². The van der Waals surface area contributed by atoms with E-state index in [1.54, 1.807) is 0 Å². The Morgan fingerprint density at radius 2 is 1.02 bits per heavy atom.